The van der Waals surface area contributed by atoms with Crippen LogP contribution in [0.1, 0.15) is 0 Å². The molecule has 21 saturated heterocycles. The number of aliphatic carboxylic acids is 4. The van der Waals surface area contributed by atoms with E-state index in [0.29, 0.717) is 0 Å². The van der Waals surface area contributed by atoms with Crippen molar-refractivity contribution >= 4 is 23.9 Å². The van der Waals surface area contributed by atoms with Crippen LogP contribution in [0, 0.1) is 0 Å². The largest absolute Gasteiger partial charge is 0.480 e. The molecule has 35 atom stereocenters. The Morgan fingerprint density at radius 3 is 0.491 bits per heavy atom. The maximum atomic E-state index is 12.6. The van der Waals surface area contributed by atoms with Crippen molar-refractivity contribution in [1.82, 2.24) is 0 Å². The molecule has 0 radical (unpaired) electrons. The maximum absolute atomic E-state index is 12.6. The van der Waals surface area contributed by atoms with E-state index in [4.69, 9.17) is 166 Å². The van der Waals surface area contributed by atoms with Gasteiger partial charge in [-0.1, -0.05) is 0 Å². The van der Waals surface area contributed by atoms with Crippen LogP contribution in [-0.2, 0) is 185 Å². The van der Waals surface area contributed by atoms with Crippen molar-refractivity contribution in [1.29, 1.82) is 0 Å². The third-order valence-corrected chi connectivity index (χ3v) is 19.8. The van der Waals surface area contributed by atoms with E-state index < -0.39 is 265 Å². The van der Waals surface area contributed by atoms with Crippen molar-refractivity contribution in [2.45, 2.75) is 215 Å². The van der Waals surface area contributed by atoms with E-state index in [9.17, 15) is 39.6 Å². The van der Waals surface area contributed by atoms with Gasteiger partial charge in [-0.2, -0.15) is 0 Å². The Hall–Kier alpha value is -3.52. The third kappa shape index (κ3) is 22.0. The average Bonchev–Trinajstić information content (AvgIpc) is 0.766. The molecule has 0 aromatic rings. The number of carboxylic acids is 4. The monoisotopic (exact) mass is 1600 g/mol. The lowest BCUT2D eigenvalue weighted by atomic mass is 9.94. The van der Waals surface area contributed by atoms with E-state index >= 15 is 0 Å². The van der Waals surface area contributed by atoms with E-state index in [2.05, 4.69) is 0 Å². The first kappa shape index (κ1) is 92.0. The fraction of sp³-hybridized carbons (Fsp3) is 0.940. The number of rotatable bonds is 36. The highest BCUT2D eigenvalue weighted by Gasteiger charge is 2.63. The topological polar surface area (TPSA) is 472 Å². The molecule has 21 aliphatic rings. The molecule has 21 heterocycles. The first-order chi connectivity index (χ1) is 53.1. The van der Waals surface area contributed by atoms with Gasteiger partial charge in [0.05, 0.1) is 46.2 Å². The molecule has 0 aromatic carbocycles. The van der Waals surface area contributed by atoms with Gasteiger partial charge in [0.1, 0.15) is 197 Å². The summed E-state index contributed by atoms with van der Waals surface area (Å²) < 4.78 is 223. The molecule has 0 aromatic heterocycles. The summed E-state index contributed by atoms with van der Waals surface area (Å²) in [5.74, 6) is -5.66. The number of hydrogen-bond donors (Lipinski definition) is 4. The molecule has 14 bridgehead atoms. The van der Waals surface area contributed by atoms with Gasteiger partial charge >= 0.3 is 23.9 Å². The zero-order valence-corrected chi connectivity index (χ0v) is 64.7. The van der Waals surface area contributed by atoms with E-state index in [1.54, 1.807) is 0 Å². The highest BCUT2D eigenvalue weighted by molar-refractivity contribution is 5.69. The van der Waals surface area contributed by atoms with Crippen LogP contribution in [0.3, 0.4) is 0 Å². The minimum absolute atomic E-state index is 0.202. The van der Waals surface area contributed by atoms with Crippen molar-refractivity contribution in [3.63, 3.8) is 0 Å². The van der Waals surface area contributed by atoms with Crippen LogP contribution in [0.4, 0.5) is 0 Å². The van der Waals surface area contributed by atoms with Gasteiger partial charge in [0, 0.05) is 121 Å². The van der Waals surface area contributed by atoms with Crippen molar-refractivity contribution in [3.8, 4) is 0 Å². The lowest BCUT2D eigenvalue weighted by molar-refractivity contribution is -0.404. The Bertz CT molecular complexity index is 2700. The minimum Gasteiger partial charge on any atom is -0.480 e. The Balaban J connectivity index is 1.30. The second-order valence-electron chi connectivity index (χ2n) is 26.4. The first-order valence-corrected chi connectivity index (χ1v) is 35.3. The molecule has 0 saturated carbocycles. The SMILES string of the molecule is COC[C@H]1O[C@@H]2O[C@H]3[C@H](OC)[C@@H](OC)[C@@H](O[C@H]4[C@H](OC)[C@@H](OCC(=O)O)[C@@H](O[C@H]5[C@H](OCC(=O)O)[C@@H](OC)[C@@H](O[C@H]6[C@H](OC)[C@@H](OC)[C@@H](O[C@H]7[C@H](OC)[C@@H](OCC(=O)O)[C@@H](O[C@H]8[C@H](OCC(=O)O)[C@@H](OC)[C@@H](O[C@H]1[C@H](OC)[C@H]2OC)O[C@@H]8COC)O[C@@H]7COC)O[C@@H]6COC)O[C@@H]5COC)O[C@@H]4COC)O[C@@H]3COC. The van der Waals surface area contributed by atoms with Crippen LogP contribution in [0.25, 0.3) is 0 Å². The van der Waals surface area contributed by atoms with Gasteiger partial charge in [-0.25, -0.2) is 19.2 Å². The minimum atomic E-state index is -1.70. The van der Waals surface area contributed by atoms with E-state index in [-0.39, 0.29) is 46.2 Å². The first-order valence-electron chi connectivity index (χ1n) is 35.3. The number of ether oxygens (including phenoxy) is 35. The van der Waals surface area contributed by atoms with Gasteiger partial charge in [-0.3, -0.25) is 0 Å². The molecule has 43 heteroatoms. The van der Waals surface area contributed by atoms with Gasteiger partial charge in [0.25, 0.3) is 0 Å². The zero-order valence-electron chi connectivity index (χ0n) is 64.7. The molecular weight excluding hydrogens is 1490 g/mol. The molecule has 21 rings (SSSR count). The molecule has 0 aliphatic carbocycles. The molecule has 110 heavy (non-hydrogen) atoms. The predicted octanol–water partition coefficient (Wildman–Crippen LogP) is -3.68. The molecule has 0 amide bonds. The molecule has 638 valence electrons. The summed E-state index contributed by atoms with van der Waals surface area (Å²) in [6.07, 6.45) is -48.1. The normalized spacial score (nSPS) is 42.2. The summed E-state index contributed by atoms with van der Waals surface area (Å²) >= 11 is 0. The van der Waals surface area contributed by atoms with Gasteiger partial charge < -0.3 is 186 Å². The highest BCUT2D eigenvalue weighted by atomic mass is 16.8. The van der Waals surface area contributed by atoms with Crippen LogP contribution in [0.2, 0.25) is 0 Å². The van der Waals surface area contributed by atoms with Gasteiger partial charge in [0.15, 0.2) is 44.0 Å². The van der Waals surface area contributed by atoms with Crippen LogP contribution < -0.4 is 0 Å². The second kappa shape index (κ2) is 45.3. The van der Waals surface area contributed by atoms with Gasteiger partial charge in [0.2, 0.25) is 0 Å². The van der Waals surface area contributed by atoms with E-state index in [1.165, 1.54) is 121 Å². The number of carboxylic acid groups (broad SMARTS) is 4. The van der Waals surface area contributed by atoms with Crippen molar-refractivity contribution in [3.05, 3.63) is 0 Å². The third-order valence-electron chi connectivity index (χ3n) is 19.8. The van der Waals surface area contributed by atoms with Crippen molar-refractivity contribution in [2.24, 2.45) is 0 Å². The Morgan fingerprint density at radius 1 is 0.200 bits per heavy atom. The molecule has 0 spiro atoms. The quantitative estimate of drug-likeness (QED) is 0.0469. The van der Waals surface area contributed by atoms with Crippen molar-refractivity contribution in [2.75, 3.05) is 194 Å². The Morgan fingerprint density at radius 2 is 0.336 bits per heavy atom. The fourth-order valence-corrected chi connectivity index (χ4v) is 15.2. The number of methoxy groups -OCH3 is 17. The summed E-state index contributed by atoms with van der Waals surface area (Å²) in [6.45, 7) is -5.74. The molecule has 0 unspecified atom stereocenters. The smallest absolute Gasteiger partial charge is 0.329 e. The molecular formula is C67H112O43. The summed E-state index contributed by atoms with van der Waals surface area (Å²) in [5.41, 5.74) is 0. The summed E-state index contributed by atoms with van der Waals surface area (Å²) in [4.78, 5) is 50.4. The summed E-state index contributed by atoms with van der Waals surface area (Å²) in [6, 6.07) is 0. The fourth-order valence-electron chi connectivity index (χ4n) is 15.2. The predicted molar refractivity (Wildman–Crippen MR) is 355 cm³/mol. The molecule has 43 nitrogen and oxygen atoms in total. The Labute approximate surface area is 636 Å². The van der Waals surface area contributed by atoms with Crippen LogP contribution >= 0.6 is 0 Å². The Kier molecular flexibility index (Phi) is 37.9. The van der Waals surface area contributed by atoms with E-state index in [1.807, 2.05) is 0 Å². The maximum Gasteiger partial charge on any atom is 0.329 e. The molecule has 4 N–H and O–H groups in total. The molecule has 21 fully saturated rings. The second-order valence-corrected chi connectivity index (χ2v) is 26.4. The number of carbonyl (C=O) groups is 4. The number of hydrogen-bond acceptors (Lipinski definition) is 39. The zero-order chi connectivity index (χ0) is 80.0. The van der Waals surface area contributed by atoms with Crippen LogP contribution in [-0.4, -0.2) is 453 Å². The van der Waals surface area contributed by atoms with Gasteiger partial charge in [-0.15, -0.1) is 0 Å². The van der Waals surface area contributed by atoms with Gasteiger partial charge in [-0.05, 0) is 0 Å². The van der Waals surface area contributed by atoms with Crippen LogP contribution in [0.5, 0.6) is 0 Å². The van der Waals surface area contributed by atoms with Crippen molar-refractivity contribution < 1.29 is 205 Å². The lowest BCUT2D eigenvalue weighted by Crippen LogP contribution is -2.69. The summed E-state index contributed by atoms with van der Waals surface area (Å²) in [5, 5.41) is 41.0. The average molecular weight is 1610 g/mol. The van der Waals surface area contributed by atoms with E-state index in [0.717, 1.165) is 0 Å². The molecule has 21 aliphatic heterocycles. The lowest BCUT2D eigenvalue weighted by Gasteiger charge is -2.52. The highest BCUT2D eigenvalue weighted by Crippen LogP contribution is 2.43. The summed E-state index contributed by atoms with van der Waals surface area (Å²) in [7, 11) is 23.1. The van der Waals surface area contributed by atoms with Crippen LogP contribution in [0.15, 0.2) is 0 Å². The standard InChI is InChI=1S/C67H112O43/c1-76-18-29-40-47(83-8)55(89-14)62(98-29)107-43-32(21-79-4)102-66(59(50(43)86-11)95-27-38(72)73)110-46-35(24-82-7)101-65(58(92-17)53(46)94-26-37(70)71)106-42-31(20-78-3)99-63(56(90-15)49(42)85-10)108-44-33(22-80-5)103-67(60(51(44)87-12)96-28-39(74)75)109-45-34(23-81-6)100-64(57(91-16)52(45)93-25-36(68)69)105-41-30(19-77-2)97-61(104-40)54(88-13)48(41)84-9/h29-35,40-67H,18-28H2,1-17H3,(H,68,69)(H,70,71)(H,72,73)(H,74,75)/t29-,30-,31-,32-,33-,34-,35-,40-,41-,42-,43-,44-,45-,46-,47+,48+,49+,50+,51+,52+,53+,54-,55-,56-,57-,58-,59-,60-,61-,62-,63-,64-,65-,66-,67-/m1/s1.